The van der Waals surface area contributed by atoms with Gasteiger partial charge in [-0.1, -0.05) is 13.8 Å². The van der Waals surface area contributed by atoms with Crippen molar-refractivity contribution in [1.82, 2.24) is 10.3 Å². The summed E-state index contributed by atoms with van der Waals surface area (Å²) in [5.74, 6) is 0. The van der Waals surface area contributed by atoms with E-state index in [1.54, 1.807) is 0 Å². The summed E-state index contributed by atoms with van der Waals surface area (Å²) in [6.07, 6.45) is 3.45. The zero-order chi connectivity index (χ0) is 13.4. The fourth-order valence-electron chi connectivity index (χ4n) is 1.88. The van der Waals surface area contributed by atoms with E-state index in [0.717, 1.165) is 30.9 Å². The molecule has 0 aliphatic heterocycles. The van der Waals surface area contributed by atoms with Gasteiger partial charge in [0.05, 0.1) is 30.1 Å². The first-order valence-electron chi connectivity index (χ1n) is 6.50. The smallest absolute Gasteiger partial charge is 0.0640 e. The molecule has 0 aliphatic carbocycles. The molecule has 0 aromatic carbocycles. The molecule has 1 rings (SSSR count). The van der Waals surface area contributed by atoms with Gasteiger partial charge in [-0.2, -0.15) is 5.26 Å². The quantitative estimate of drug-likeness (QED) is 0.803. The maximum atomic E-state index is 8.57. The molecule has 0 saturated carbocycles. The van der Waals surface area contributed by atoms with Crippen LogP contribution in [0.5, 0.6) is 0 Å². The van der Waals surface area contributed by atoms with Gasteiger partial charge in [0.1, 0.15) is 0 Å². The highest BCUT2D eigenvalue weighted by Gasteiger charge is 2.09. The molecule has 0 amide bonds. The first-order chi connectivity index (χ1) is 8.72. The van der Waals surface area contributed by atoms with Gasteiger partial charge in [-0.3, -0.25) is 4.98 Å². The standard InChI is InChI=1S/C14H22N4/c1-4-13(16-5-2)14-8-7-12(11-17-14)18(3)10-6-9-15/h7-8,11,13,16H,4-6,10H2,1-3H3. The third-order valence-corrected chi connectivity index (χ3v) is 2.99. The van der Waals surface area contributed by atoms with Crippen LogP contribution in [0, 0.1) is 11.3 Å². The molecule has 1 atom stereocenters. The number of nitrogens with one attached hydrogen (secondary N) is 1. The lowest BCUT2D eigenvalue weighted by Crippen LogP contribution is -2.22. The molecule has 0 bridgehead atoms. The highest BCUT2D eigenvalue weighted by molar-refractivity contribution is 5.43. The second-order valence-corrected chi connectivity index (χ2v) is 4.29. The minimum atomic E-state index is 0.327. The predicted octanol–water partition coefficient (Wildman–Crippen LogP) is 2.49. The fraction of sp³-hybridized carbons (Fsp3) is 0.571. The molecular formula is C14H22N4. The highest BCUT2D eigenvalue weighted by Crippen LogP contribution is 2.17. The Bertz CT molecular complexity index is 380. The van der Waals surface area contributed by atoms with Gasteiger partial charge in [0.2, 0.25) is 0 Å². The van der Waals surface area contributed by atoms with Crippen molar-refractivity contribution in [2.24, 2.45) is 0 Å². The van der Waals surface area contributed by atoms with Crippen molar-refractivity contribution in [2.75, 3.05) is 25.0 Å². The van der Waals surface area contributed by atoms with Crippen molar-refractivity contribution in [3.63, 3.8) is 0 Å². The lowest BCUT2D eigenvalue weighted by Gasteiger charge is -2.19. The molecule has 0 spiro atoms. The summed E-state index contributed by atoms with van der Waals surface area (Å²) in [4.78, 5) is 6.56. The SMILES string of the molecule is CCNC(CC)c1ccc(N(C)CCC#N)cn1. The fourth-order valence-corrected chi connectivity index (χ4v) is 1.88. The van der Waals surface area contributed by atoms with Crippen LogP contribution in [-0.2, 0) is 0 Å². The largest absolute Gasteiger partial charge is 0.372 e. The summed E-state index contributed by atoms with van der Waals surface area (Å²) in [5, 5.41) is 12.0. The second-order valence-electron chi connectivity index (χ2n) is 4.29. The summed E-state index contributed by atoms with van der Waals surface area (Å²) in [7, 11) is 1.98. The monoisotopic (exact) mass is 246 g/mol. The van der Waals surface area contributed by atoms with E-state index < -0.39 is 0 Å². The normalized spacial score (nSPS) is 11.9. The van der Waals surface area contributed by atoms with E-state index in [2.05, 4.69) is 42.4 Å². The molecule has 4 nitrogen and oxygen atoms in total. The summed E-state index contributed by atoms with van der Waals surface area (Å²) in [6, 6.07) is 6.61. The van der Waals surface area contributed by atoms with Crippen molar-refractivity contribution in [2.45, 2.75) is 32.7 Å². The summed E-state index contributed by atoms with van der Waals surface area (Å²) in [5.41, 5.74) is 2.14. The van der Waals surface area contributed by atoms with Gasteiger partial charge in [-0.15, -0.1) is 0 Å². The number of nitrogens with zero attached hydrogens (tertiary/aromatic N) is 3. The van der Waals surface area contributed by atoms with E-state index >= 15 is 0 Å². The number of pyridine rings is 1. The lowest BCUT2D eigenvalue weighted by atomic mass is 10.1. The number of hydrogen-bond donors (Lipinski definition) is 1. The van der Waals surface area contributed by atoms with Gasteiger partial charge in [-0.25, -0.2) is 0 Å². The Morgan fingerprint density at radius 2 is 2.22 bits per heavy atom. The number of aromatic nitrogens is 1. The van der Waals surface area contributed by atoms with E-state index in [9.17, 15) is 0 Å². The molecular weight excluding hydrogens is 224 g/mol. The number of rotatable bonds is 7. The Kier molecular flexibility index (Phi) is 6.16. The third-order valence-electron chi connectivity index (χ3n) is 2.99. The van der Waals surface area contributed by atoms with Crippen LogP contribution >= 0.6 is 0 Å². The first kappa shape index (κ1) is 14.5. The van der Waals surface area contributed by atoms with Crippen molar-refractivity contribution in [3.8, 4) is 6.07 Å². The van der Waals surface area contributed by atoms with E-state index in [1.807, 2.05) is 18.1 Å². The van der Waals surface area contributed by atoms with E-state index in [4.69, 9.17) is 5.26 Å². The van der Waals surface area contributed by atoms with Crippen LogP contribution in [0.15, 0.2) is 18.3 Å². The minimum Gasteiger partial charge on any atom is -0.372 e. The van der Waals surface area contributed by atoms with Gasteiger partial charge < -0.3 is 10.2 Å². The Labute approximate surface area is 110 Å². The highest BCUT2D eigenvalue weighted by atomic mass is 15.1. The van der Waals surface area contributed by atoms with Gasteiger partial charge in [0.15, 0.2) is 0 Å². The molecule has 0 fully saturated rings. The predicted molar refractivity (Wildman–Crippen MR) is 74.4 cm³/mol. The molecule has 18 heavy (non-hydrogen) atoms. The lowest BCUT2D eigenvalue weighted by molar-refractivity contribution is 0.525. The van der Waals surface area contributed by atoms with E-state index in [1.165, 1.54) is 0 Å². The van der Waals surface area contributed by atoms with Crippen LogP contribution in [0.1, 0.15) is 38.4 Å². The second kappa shape index (κ2) is 7.67. The van der Waals surface area contributed by atoms with Crippen LogP contribution in [-0.4, -0.2) is 25.1 Å². The Hall–Kier alpha value is -1.60. The van der Waals surface area contributed by atoms with Crippen LogP contribution in [0.25, 0.3) is 0 Å². The third kappa shape index (κ3) is 4.01. The average molecular weight is 246 g/mol. The molecule has 4 heteroatoms. The van der Waals surface area contributed by atoms with Crippen molar-refractivity contribution < 1.29 is 0 Å². The Balaban J connectivity index is 2.69. The van der Waals surface area contributed by atoms with Crippen molar-refractivity contribution in [1.29, 1.82) is 5.26 Å². The molecule has 1 heterocycles. The molecule has 1 unspecified atom stereocenters. The first-order valence-corrected chi connectivity index (χ1v) is 6.50. The molecule has 1 N–H and O–H groups in total. The van der Waals surface area contributed by atoms with Crippen molar-refractivity contribution in [3.05, 3.63) is 24.0 Å². The molecule has 1 aromatic rings. The molecule has 0 saturated heterocycles. The summed E-state index contributed by atoms with van der Waals surface area (Å²) in [6.45, 7) is 5.95. The average Bonchev–Trinajstić information content (AvgIpc) is 2.42. The zero-order valence-corrected chi connectivity index (χ0v) is 11.5. The maximum absolute atomic E-state index is 8.57. The van der Waals surface area contributed by atoms with Gasteiger partial charge in [0, 0.05) is 19.6 Å². The zero-order valence-electron chi connectivity index (χ0n) is 11.5. The van der Waals surface area contributed by atoms with Crippen LogP contribution in [0.3, 0.4) is 0 Å². The maximum Gasteiger partial charge on any atom is 0.0640 e. The molecule has 1 aromatic heterocycles. The van der Waals surface area contributed by atoms with Gasteiger partial charge in [0.25, 0.3) is 0 Å². The topological polar surface area (TPSA) is 52.0 Å². The van der Waals surface area contributed by atoms with E-state index in [-0.39, 0.29) is 0 Å². The van der Waals surface area contributed by atoms with Crippen LogP contribution in [0.4, 0.5) is 5.69 Å². The van der Waals surface area contributed by atoms with Crippen molar-refractivity contribution >= 4 is 5.69 Å². The minimum absolute atomic E-state index is 0.327. The molecule has 0 radical (unpaired) electrons. The molecule has 98 valence electrons. The summed E-state index contributed by atoms with van der Waals surface area (Å²) >= 11 is 0. The number of nitriles is 1. The number of anilines is 1. The molecule has 0 aliphatic rings. The van der Waals surface area contributed by atoms with Crippen LogP contribution in [0.2, 0.25) is 0 Å². The summed E-state index contributed by atoms with van der Waals surface area (Å²) < 4.78 is 0. The Morgan fingerprint density at radius 3 is 2.72 bits per heavy atom. The van der Waals surface area contributed by atoms with E-state index in [0.29, 0.717) is 12.5 Å². The van der Waals surface area contributed by atoms with Gasteiger partial charge >= 0.3 is 0 Å². The van der Waals surface area contributed by atoms with Crippen LogP contribution < -0.4 is 10.2 Å². The van der Waals surface area contributed by atoms with Gasteiger partial charge in [-0.05, 0) is 25.1 Å². The number of hydrogen-bond acceptors (Lipinski definition) is 4. The Morgan fingerprint density at radius 1 is 1.44 bits per heavy atom.